The predicted molar refractivity (Wildman–Crippen MR) is 123 cm³/mol. The van der Waals surface area contributed by atoms with E-state index < -0.39 is 62.9 Å². The van der Waals surface area contributed by atoms with Crippen molar-refractivity contribution in [2.45, 2.75) is 40.2 Å². The van der Waals surface area contributed by atoms with Gasteiger partial charge >= 0.3 is 5.97 Å². The van der Waals surface area contributed by atoms with Crippen molar-refractivity contribution in [1.82, 2.24) is 30.4 Å². The van der Waals surface area contributed by atoms with Crippen LogP contribution in [0.25, 0.3) is 0 Å². The van der Waals surface area contributed by atoms with E-state index in [1.54, 1.807) is 30.3 Å². The van der Waals surface area contributed by atoms with Crippen LogP contribution in [0.3, 0.4) is 0 Å². The number of carboxylic acids is 1. The van der Waals surface area contributed by atoms with Crippen LogP contribution in [-0.2, 0) is 30.4 Å². The molecule has 15 nitrogen and oxygen atoms in total. The highest BCUT2D eigenvalue weighted by Crippen LogP contribution is 2.44. The van der Waals surface area contributed by atoms with E-state index in [1.807, 2.05) is 0 Å². The Kier molecular flexibility index (Phi) is 7.26. The average molecular weight is 561 g/mol. The maximum Gasteiger partial charge on any atom is 0.329 e. The van der Waals surface area contributed by atoms with E-state index in [0.29, 0.717) is 5.56 Å². The van der Waals surface area contributed by atoms with Crippen molar-refractivity contribution in [2.75, 3.05) is 11.5 Å². The Morgan fingerprint density at radius 2 is 2.00 bits per heavy atom. The van der Waals surface area contributed by atoms with Gasteiger partial charge in [0.15, 0.2) is 18.0 Å². The third kappa shape index (κ3) is 5.18. The van der Waals surface area contributed by atoms with Crippen molar-refractivity contribution in [2.24, 2.45) is 0 Å². The number of nitrogens with one attached hydrogen (secondary N) is 1. The molecule has 2 aliphatic heterocycles. The second-order valence-electron chi connectivity index (χ2n) is 8.05. The number of β-lactam (4-membered cyclic amide) rings is 1. The van der Waals surface area contributed by atoms with Crippen LogP contribution in [0.5, 0.6) is 0 Å². The standard InChI is InChI=1S/C18H20N6O9S3/c25-11(9-4-2-1-3-5-9)13(26)19-10-14(27)24-12(16(28)29)18(30,6-34-15(10)24)7-35-17-20-21-22-23(17)8-36(31,32)33/h1-5,10-12,15,25,30H,6-8H2,(H,19,26)(H,28,29)(H,31,32,33)/t10-,11-,12?,15-,18?/m1/s1. The number of fused-ring (bicyclic) bond motifs is 1. The molecule has 36 heavy (non-hydrogen) atoms. The van der Waals surface area contributed by atoms with Gasteiger partial charge in [-0.2, -0.15) is 8.42 Å². The summed E-state index contributed by atoms with van der Waals surface area (Å²) in [5, 5.41) is 43.2. The molecule has 4 rings (SSSR count). The highest BCUT2D eigenvalue weighted by Gasteiger charge is 2.62. The van der Waals surface area contributed by atoms with Crippen LogP contribution < -0.4 is 5.32 Å². The molecule has 5 atom stereocenters. The number of aliphatic hydroxyl groups excluding tert-OH is 1. The first-order valence-electron chi connectivity index (χ1n) is 10.2. The number of benzene rings is 1. The zero-order valence-corrected chi connectivity index (χ0v) is 20.6. The number of rotatable bonds is 9. The fraction of sp³-hybridized carbons (Fsp3) is 0.444. The number of carbonyl (C=O) groups is 3. The molecule has 1 aromatic carbocycles. The Morgan fingerprint density at radius 3 is 2.64 bits per heavy atom. The zero-order valence-electron chi connectivity index (χ0n) is 18.1. The number of carboxylic acid groups (broad SMARTS) is 1. The fourth-order valence-corrected chi connectivity index (χ4v) is 7.01. The molecule has 1 aromatic heterocycles. The van der Waals surface area contributed by atoms with Gasteiger partial charge < -0.3 is 25.5 Å². The SMILES string of the molecule is O=C(O)C1N2C(=O)[C@@H](NC(=O)[C@H](O)c3ccccc3)[C@H]2SCC1(O)CSc1nnnn1CS(=O)(=O)O. The normalized spacial score (nSPS) is 26.6. The molecule has 2 saturated heterocycles. The monoisotopic (exact) mass is 560 g/mol. The van der Waals surface area contributed by atoms with Crippen molar-refractivity contribution in [1.29, 1.82) is 0 Å². The molecule has 5 N–H and O–H groups in total. The van der Waals surface area contributed by atoms with E-state index in [4.69, 9.17) is 4.55 Å². The Bertz CT molecular complexity index is 1280. The van der Waals surface area contributed by atoms with E-state index >= 15 is 0 Å². The third-order valence-corrected chi connectivity index (χ3v) is 8.78. The summed E-state index contributed by atoms with van der Waals surface area (Å²) in [4.78, 5) is 38.4. The molecular formula is C18H20N6O9S3. The highest BCUT2D eigenvalue weighted by atomic mass is 32.2. The molecule has 0 saturated carbocycles. The van der Waals surface area contributed by atoms with Gasteiger partial charge in [0.25, 0.3) is 16.0 Å². The molecule has 2 unspecified atom stereocenters. The Hall–Kier alpha value is -2.77. The molecule has 0 bridgehead atoms. The maximum atomic E-state index is 12.8. The lowest BCUT2D eigenvalue weighted by molar-refractivity contribution is -0.174. The van der Waals surface area contributed by atoms with E-state index in [9.17, 15) is 38.1 Å². The van der Waals surface area contributed by atoms with E-state index in [1.165, 1.54) is 0 Å². The van der Waals surface area contributed by atoms with Crippen LogP contribution in [0.15, 0.2) is 35.5 Å². The first-order chi connectivity index (χ1) is 16.9. The third-order valence-electron chi connectivity index (χ3n) is 5.50. The molecule has 194 valence electrons. The van der Waals surface area contributed by atoms with Crippen molar-refractivity contribution < 1.29 is 42.7 Å². The molecule has 0 spiro atoms. The summed E-state index contributed by atoms with van der Waals surface area (Å²) >= 11 is 1.79. The summed E-state index contributed by atoms with van der Waals surface area (Å²) < 4.78 is 32.0. The zero-order chi connectivity index (χ0) is 26.3. The summed E-state index contributed by atoms with van der Waals surface area (Å²) in [5.41, 5.74) is -1.65. The Balaban J connectivity index is 1.45. The Labute approximate surface area is 212 Å². The first kappa shape index (κ1) is 26.3. The molecule has 3 heterocycles. The Morgan fingerprint density at radius 1 is 1.31 bits per heavy atom. The van der Waals surface area contributed by atoms with Gasteiger partial charge in [0.2, 0.25) is 11.1 Å². The van der Waals surface area contributed by atoms with Gasteiger partial charge in [-0.25, -0.2) is 9.48 Å². The smallest absolute Gasteiger partial charge is 0.329 e. The first-order valence-corrected chi connectivity index (χ1v) is 13.8. The maximum absolute atomic E-state index is 12.8. The lowest BCUT2D eigenvalue weighted by atomic mass is 9.91. The van der Waals surface area contributed by atoms with Gasteiger partial charge in [0.1, 0.15) is 17.0 Å². The highest BCUT2D eigenvalue weighted by molar-refractivity contribution is 8.00. The van der Waals surface area contributed by atoms with Crippen molar-refractivity contribution in [3.05, 3.63) is 35.9 Å². The minimum atomic E-state index is -4.47. The van der Waals surface area contributed by atoms with E-state index in [2.05, 4.69) is 20.8 Å². The summed E-state index contributed by atoms with van der Waals surface area (Å²) in [7, 11) is -4.47. The second kappa shape index (κ2) is 9.94. The lowest BCUT2D eigenvalue weighted by Crippen LogP contribution is -2.79. The number of hydrogen-bond donors (Lipinski definition) is 5. The summed E-state index contributed by atoms with van der Waals surface area (Å²) in [6.45, 7) is 0. The minimum absolute atomic E-state index is 0.104. The minimum Gasteiger partial charge on any atom is -0.480 e. The molecule has 0 aliphatic carbocycles. The van der Waals surface area contributed by atoms with Crippen LogP contribution in [0, 0.1) is 0 Å². The van der Waals surface area contributed by atoms with Crippen molar-refractivity contribution in [3.8, 4) is 0 Å². The fourth-order valence-electron chi connectivity index (χ4n) is 3.85. The van der Waals surface area contributed by atoms with E-state index in [0.717, 1.165) is 33.1 Å². The van der Waals surface area contributed by atoms with Crippen molar-refractivity contribution in [3.63, 3.8) is 0 Å². The molecule has 2 fully saturated rings. The molecule has 18 heteroatoms. The molecule has 2 aromatic rings. The van der Waals surface area contributed by atoms with Gasteiger partial charge in [-0.15, -0.1) is 16.9 Å². The summed E-state index contributed by atoms with van der Waals surface area (Å²) in [5.74, 6) is -4.48. The van der Waals surface area contributed by atoms with Gasteiger partial charge in [0, 0.05) is 11.5 Å². The second-order valence-corrected chi connectivity index (χ2v) is 11.5. The van der Waals surface area contributed by atoms with Crippen LogP contribution in [0.4, 0.5) is 0 Å². The number of nitrogens with zero attached hydrogens (tertiary/aromatic N) is 5. The largest absolute Gasteiger partial charge is 0.480 e. The lowest BCUT2D eigenvalue weighted by Gasteiger charge is -2.56. The topological polar surface area (TPSA) is 225 Å². The van der Waals surface area contributed by atoms with Gasteiger partial charge in [-0.3, -0.25) is 14.1 Å². The van der Waals surface area contributed by atoms with Gasteiger partial charge in [-0.05, 0) is 16.0 Å². The number of thioether (sulfide) groups is 2. The molecular weight excluding hydrogens is 540 g/mol. The van der Waals surface area contributed by atoms with Crippen LogP contribution in [0.1, 0.15) is 11.7 Å². The molecule has 2 amide bonds. The van der Waals surface area contributed by atoms with Crippen LogP contribution in [0.2, 0.25) is 0 Å². The van der Waals surface area contributed by atoms with Crippen LogP contribution in [-0.4, -0.2) is 106 Å². The number of aliphatic hydroxyl groups is 2. The quantitative estimate of drug-likeness (QED) is 0.126. The van der Waals surface area contributed by atoms with Crippen molar-refractivity contribution >= 4 is 51.4 Å². The van der Waals surface area contributed by atoms with E-state index in [-0.39, 0.29) is 16.7 Å². The predicted octanol–water partition coefficient (Wildman–Crippen LogP) is -2.07. The van der Waals surface area contributed by atoms with Crippen LogP contribution >= 0.6 is 23.5 Å². The number of carbonyl (C=O) groups excluding carboxylic acids is 2. The summed E-state index contributed by atoms with van der Waals surface area (Å²) in [6, 6.07) is 5.29. The average Bonchev–Trinajstić information content (AvgIpc) is 3.26. The summed E-state index contributed by atoms with van der Waals surface area (Å²) in [6.07, 6.45) is -1.53. The number of aliphatic carboxylic acids is 1. The van der Waals surface area contributed by atoms with Gasteiger partial charge in [0.05, 0.1) is 0 Å². The number of aromatic nitrogens is 4. The molecule has 2 aliphatic rings. The van der Waals surface area contributed by atoms with Gasteiger partial charge in [-0.1, -0.05) is 42.1 Å². The molecule has 0 radical (unpaired) electrons. The number of amides is 2. The number of tetrazole rings is 1. The number of hydrogen-bond acceptors (Lipinski definition) is 12.